The lowest BCUT2D eigenvalue weighted by Gasteiger charge is -2.06. The third-order valence-electron chi connectivity index (χ3n) is 2.96. The molecule has 3 rings (SSSR count). The van der Waals surface area contributed by atoms with Gasteiger partial charge in [-0.3, -0.25) is 4.79 Å². The average Bonchev–Trinajstić information content (AvgIpc) is 2.99. The zero-order valence-electron chi connectivity index (χ0n) is 10.7. The van der Waals surface area contributed by atoms with Crippen LogP contribution in [0.4, 0.5) is 0 Å². The minimum Gasteiger partial charge on any atom is -0.287 e. The van der Waals surface area contributed by atoms with Gasteiger partial charge in [-0.15, -0.1) is 5.10 Å². The van der Waals surface area contributed by atoms with Crippen LogP contribution in [0.5, 0.6) is 0 Å². The highest BCUT2D eigenvalue weighted by atomic mass is 35.5. The first-order valence-electron chi connectivity index (χ1n) is 6.12. The Morgan fingerprint density at radius 3 is 2.48 bits per heavy atom. The van der Waals surface area contributed by atoms with Crippen molar-refractivity contribution in [2.45, 2.75) is 0 Å². The van der Waals surface area contributed by atoms with Crippen molar-refractivity contribution in [3.63, 3.8) is 0 Å². The number of aromatic nitrogens is 3. The van der Waals surface area contributed by atoms with Gasteiger partial charge in [-0.2, -0.15) is 0 Å². The third kappa shape index (κ3) is 2.68. The monoisotopic (exact) mass is 317 g/mol. The largest absolute Gasteiger partial charge is 0.287 e. The van der Waals surface area contributed by atoms with E-state index >= 15 is 0 Å². The molecule has 0 aliphatic rings. The molecule has 0 aliphatic carbocycles. The number of carbonyl (C=O) groups is 1. The molecule has 0 radical (unpaired) electrons. The summed E-state index contributed by atoms with van der Waals surface area (Å²) in [5, 5.41) is 8.52. The summed E-state index contributed by atoms with van der Waals surface area (Å²) in [6.07, 6.45) is 1.43. The summed E-state index contributed by atoms with van der Waals surface area (Å²) in [4.78, 5) is 12.6. The van der Waals surface area contributed by atoms with Gasteiger partial charge in [-0.1, -0.05) is 46.6 Å². The number of rotatable bonds is 3. The van der Waals surface area contributed by atoms with E-state index in [1.54, 1.807) is 12.1 Å². The molecule has 0 unspecified atom stereocenters. The standard InChI is InChI=1S/C15H9Cl2N3O/c16-12-7-6-10(8-13(12)17)15(21)14-9-18-19-20(14)11-4-2-1-3-5-11/h1-9H. The Morgan fingerprint density at radius 1 is 1.00 bits per heavy atom. The fraction of sp³-hybridized carbons (Fsp3) is 0. The lowest BCUT2D eigenvalue weighted by Crippen LogP contribution is -2.10. The van der Waals surface area contributed by atoms with E-state index in [2.05, 4.69) is 10.3 Å². The number of para-hydroxylation sites is 1. The van der Waals surface area contributed by atoms with Gasteiger partial charge in [0.05, 0.1) is 21.9 Å². The van der Waals surface area contributed by atoms with E-state index in [4.69, 9.17) is 23.2 Å². The molecule has 3 aromatic rings. The molecule has 0 fully saturated rings. The van der Waals surface area contributed by atoms with Crippen molar-refractivity contribution in [1.82, 2.24) is 15.0 Å². The molecule has 0 saturated carbocycles. The minimum atomic E-state index is -0.220. The van der Waals surface area contributed by atoms with Crippen molar-refractivity contribution in [2.75, 3.05) is 0 Å². The Bertz CT molecular complexity index is 800. The van der Waals surface area contributed by atoms with Gasteiger partial charge >= 0.3 is 0 Å². The molecule has 0 atom stereocenters. The Kier molecular flexibility index (Phi) is 3.73. The van der Waals surface area contributed by atoms with Crippen molar-refractivity contribution in [3.05, 3.63) is 76.0 Å². The number of nitrogens with zero attached hydrogens (tertiary/aromatic N) is 3. The highest BCUT2D eigenvalue weighted by molar-refractivity contribution is 6.42. The van der Waals surface area contributed by atoms with Crippen molar-refractivity contribution < 1.29 is 4.79 Å². The summed E-state index contributed by atoms with van der Waals surface area (Å²) in [6.45, 7) is 0. The van der Waals surface area contributed by atoms with Crippen LogP contribution < -0.4 is 0 Å². The topological polar surface area (TPSA) is 47.8 Å². The van der Waals surface area contributed by atoms with Crippen LogP contribution in [0.2, 0.25) is 10.0 Å². The molecule has 0 N–H and O–H groups in total. The van der Waals surface area contributed by atoms with E-state index in [1.165, 1.54) is 16.9 Å². The normalized spacial score (nSPS) is 10.6. The van der Waals surface area contributed by atoms with Crippen LogP contribution in [-0.2, 0) is 0 Å². The highest BCUT2D eigenvalue weighted by Crippen LogP contribution is 2.24. The van der Waals surface area contributed by atoms with Crippen LogP contribution in [-0.4, -0.2) is 20.8 Å². The molecule has 6 heteroatoms. The van der Waals surface area contributed by atoms with Crippen molar-refractivity contribution >= 4 is 29.0 Å². The van der Waals surface area contributed by atoms with Gasteiger partial charge in [-0.05, 0) is 30.3 Å². The Labute approximate surface area is 130 Å². The van der Waals surface area contributed by atoms with E-state index < -0.39 is 0 Å². The van der Waals surface area contributed by atoms with E-state index in [9.17, 15) is 4.79 Å². The smallest absolute Gasteiger partial charge is 0.213 e. The van der Waals surface area contributed by atoms with Gasteiger partial charge in [0.1, 0.15) is 5.69 Å². The van der Waals surface area contributed by atoms with Gasteiger partial charge in [0.2, 0.25) is 5.78 Å². The van der Waals surface area contributed by atoms with Gasteiger partial charge in [-0.25, -0.2) is 4.68 Å². The van der Waals surface area contributed by atoms with E-state index in [0.29, 0.717) is 21.3 Å². The summed E-state index contributed by atoms with van der Waals surface area (Å²) >= 11 is 11.8. The summed E-state index contributed by atoms with van der Waals surface area (Å²) in [7, 11) is 0. The number of hydrogen-bond acceptors (Lipinski definition) is 3. The first-order chi connectivity index (χ1) is 10.2. The second-order valence-corrected chi connectivity index (χ2v) is 5.14. The van der Waals surface area contributed by atoms with Gasteiger partial charge in [0, 0.05) is 5.56 Å². The van der Waals surface area contributed by atoms with Crippen molar-refractivity contribution in [1.29, 1.82) is 0 Å². The number of carbonyl (C=O) groups excluding carboxylic acids is 1. The lowest BCUT2D eigenvalue weighted by atomic mass is 10.1. The fourth-order valence-corrected chi connectivity index (χ4v) is 2.23. The maximum atomic E-state index is 12.6. The van der Waals surface area contributed by atoms with Crippen LogP contribution in [0, 0.1) is 0 Å². The lowest BCUT2D eigenvalue weighted by molar-refractivity contribution is 0.103. The molecule has 0 saturated heterocycles. The maximum Gasteiger partial charge on any atom is 0.213 e. The second kappa shape index (κ2) is 5.68. The number of ketones is 1. The molecule has 21 heavy (non-hydrogen) atoms. The molecule has 2 aromatic carbocycles. The van der Waals surface area contributed by atoms with Crippen LogP contribution >= 0.6 is 23.2 Å². The van der Waals surface area contributed by atoms with Crippen LogP contribution in [0.3, 0.4) is 0 Å². The number of halogens is 2. The minimum absolute atomic E-state index is 0.220. The van der Waals surface area contributed by atoms with E-state index in [0.717, 1.165) is 5.69 Å². The molecule has 4 nitrogen and oxygen atoms in total. The van der Waals surface area contributed by atoms with E-state index in [-0.39, 0.29) is 5.78 Å². The molecule has 0 spiro atoms. The quantitative estimate of drug-likeness (QED) is 0.690. The van der Waals surface area contributed by atoms with Crippen LogP contribution in [0.25, 0.3) is 5.69 Å². The molecule has 0 amide bonds. The number of benzene rings is 2. The molecule has 0 aliphatic heterocycles. The Hall–Kier alpha value is -2.17. The predicted octanol–water partition coefficient (Wildman–Crippen LogP) is 3.81. The third-order valence-corrected chi connectivity index (χ3v) is 3.70. The Morgan fingerprint density at radius 2 is 1.76 bits per heavy atom. The predicted molar refractivity (Wildman–Crippen MR) is 81.3 cm³/mol. The SMILES string of the molecule is O=C(c1ccc(Cl)c(Cl)c1)c1cnnn1-c1ccccc1. The van der Waals surface area contributed by atoms with Gasteiger partial charge in [0.15, 0.2) is 0 Å². The second-order valence-electron chi connectivity index (χ2n) is 4.32. The van der Waals surface area contributed by atoms with E-state index in [1.807, 2.05) is 30.3 Å². The van der Waals surface area contributed by atoms with Crippen LogP contribution in [0.15, 0.2) is 54.7 Å². The molecule has 0 bridgehead atoms. The Balaban J connectivity index is 2.03. The summed E-state index contributed by atoms with van der Waals surface area (Å²) in [5.74, 6) is -0.220. The first-order valence-corrected chi connectivity index (χ1v) is 6.88. The fourth-order valence-electron chi connectivity index (χ4n) is 1.94. The number of hydrogen-bond donors (Lipinski definition) is 0. The molecule has 104 valence electrons. The van der Waals surface area contributed by atoms with Crippen molar-refractivity contribution in [3.8, 4) is 5.69 Å². The van der Waals surface area contributed by atoms with Crippen molar-refractivity contribution in [2.24, 2.45) is 0 Å². The summed E-state index contributed by atoms with van der Waals surface area (Å²) in [5.41, 5.74) is 1.56. The van der Waals surface area contributed by atoms with Gasteiger partial charge in [0.25, 0.3) is 0 Å². The molecular weight excluding hydrogens is 309 g/mol. The van der Waals surface area contributed by atoms with Gasteiger partial charge < -0.3 is 0 Å². The zero-order valence-corrected chi connectivity index (χ0v) is 12.2. The highest BCUT2D eigenvalue weighted by Gasteiger charge is 2.17. The maximum absolute atomic E-state index is 12.6. The first kappa shape index (κ1) is 13.8. The van der Waals surface area contributed by atoms with Crippen LogP contribution in [0.1, 0.15) is 16.1 Å². The summed E-state index contributed by atoms with van der Waals surface area (Å²) < 4.78 is 1.49. The zero-order chi connectivity index (χ0) is 14.8. The molecule has 1 aromatic heterocycles. The summed E-state index contributed by atoms with van der Waals surface area (Å²) in [6, 6.07) is 14.1. The molecule has 1 heterocycles. The average molecular weight is 318 g/mol. The molecular formula is C15H9Cl2N3O.